The summed E-state index contributed by atoms with van der Waals surface area (Å²) in [6.45, 7) is 0. The molecule has 0 saturated heterocycles. The normalized spacial score (nSPS) is 12.6. The van der Waals surface area contributed by atoms with Crippen LogP contribution in [-0.4, -0.2) is 13.6 Å². The molecule has 0 amide bonds. The van der Waals surface area contributed by atoms with E-state index in [9.17, 15) is 4.21 Å². The molecule has 0 aliphatic heterocycles. The van der Waals surface area contributed by atoms with Crippen LogP contribution in [0.1, 0.15) is 5.56 Å². The van der Waals surface area contributed by atoms with E-state index >= 15 is 0 Å². The quantitative estimate of drug-likeness (QED) is 0.861. The molecule has 1 heterocycles. The molecular formula is C9H5Cl3N2OS2. The zero-order valence-corrected chi connectivity index (χ0v) is 12.1. The zero-order chi connectivity index (χ0) is 12.4. The minimum atomic E-state index is -1.30. The minimum Gasteiger partial charge on any atom is -0.251 e. The van der Waals surface area contributed by atoms with Crippen LogP contribution in [0.15, 0.2) is 22.5 Å². The molecular weight excluding hydrogens is 323 g/mol. The molecule has 0 radical (unpaired) electrons. The molecule has 0 fully saturated rings. The van der Waals surface area contributed by atoms with E-state index in [4.69, 9.17) is 34.8 Å². The summed E-state index contributed by atoms with van der Waals surface area (Å²) in [5.74, 6) is 0.265. The Hall–Kier alpha value is -0.200. The molecule has 3 nitrogen and oxygen atoms in total. The second kappa shape index (κ2) is 5.63. The lowest BCUT2D eigenvalue weighted by atomic mass is 10.2. The Kier molecular flexibility index (Phi) is 4.38. The summed E-state index contributed by atoms with van der Waals surface area (Å²) in [6.07, 6.45) is 0. The van der Waals surface area contributed by atoms with Gasteiger partial charge in [-0.3, -0.25) is 4.21 Å². The topological polar surface area (TPSA) is 42.9 Å². The molecule has 1 aromatic carbocycles. The highest BCUT2D eigenvalue weighted by Gasteiger charge is 2.12. The minimum absolute atomic E-state index is 0.112. The third-order valence-corrected chi connectivity index (χ3v) is 5.08. The Morgan fingerprint density at radius 1 is 1.29 bits per heavy atom. The largest absolute Gasteiger partial charge is 0.251 e. The van der Waals surface area contributed by atoms with E-state index < -0.39 is 10.8 Å². The van der Waals surface area contributed by atoms with Gasteiger partial charge in [0.25, 0.3) is 0 Å². The zero-order valence-electron chi connectivity index (χ0n) is 8.19. The highest BCUT2D eigenvalue weighted by Crippen LogP contribution is 2.24. The Bertz CT molecular complexity index is 573. The summed E-state index contributed by atoms with van der Waals surface area (Å²) in [7, 11) is -1.30. The van der Waals surface area contributed by atoms with Gasteiger partial charge < -0.3 is 0 Å². The maximum absolute atomic E-state index is 11.9. The molecule has 0 bridgehead atoms. The van der Waals surface area contributed by atoms with Crippen molar-refractivity contribution >= 4 is 57.1 Å². The summed E-state index contributed by atoms with van der Waals surface area (Å²) in [6, 6.07) is 5.06. The van der Waals surface area contributed by atoms with Gasteiger partial charge in [0.2, 0.25) is 9.62 Å². The van der Waals surface area contributed by atoms with Crippen molar-refractivity contribution in [3.63, 3.8) is 0 Å². The van der Waals surface area contributed by atoms with E-state index in [0.29, 0.717) is 14.4 Å². The maximum Gasteiger partial charge on any atom is 0.235 e. The number of benzene rings is 1. The van der Waals surface area contributed by atoms with Crippen LogP contribution in [0.2, 0.25) is 15.3 Å². The van der Waals surface area contributed by atoms with E-state index in [1.807, 2.05) is 0 Å². The van der Waals surface area contributed by atoms with Gasteiger partial charge in [-0.15, -0.1) is 0 Å². The number of hydrogen-bond donors (Lipinski definition) is 0. The molecule has 2 aromatic rings. The van der Waals surface area contributed by atoms with E-state index in [-0.39, 0.29) is 11.0 Å². The highest BCUT2D eigenvalue weighted by atomic mass is 35.5. The Morgan fingerprint density at radius 2 is 2.06 bits per heavy atom. The van der Waals surface area contributed by atoms with Crippen molar-refractivity contribution in [3.8, 4) is 0 Å². The fourth-order valence-electron chi connectivity index (χ4n) is 1.13. The summed E-state index contributed by atoms with van der Waals surface area (Å²) >= 11 is 18.4. The average Bonchev–Trinajstić information content (AvgIpc) is 2.69. The molecule has 0 aliphatic rings. The molecule has 8 heteroatoms. The molecule has 0 saturated carbocycles. The molecule has 1 atom stereocenters. The van der Waals surface area contributed by atoms with Crippen molar-refractivity contribution in [2.24, 2.45) is 0 Å². The maximum atomic E-state index is 11.9. The molecule has 17 heavy (non-hydrogen) atoms. The molecule has 0 spiro atoms. The third-order valence-electron chi connectivity index (χ3n) is 1.88. The molecule has 2 rings (SSSR count). The Labute approximate surface area is 119 Å². The number of nitrogens with zero attached hydrogens (tertiary/aromatic N) is 2. The van der Waals surface area contributed by atoms with E-state index in [0.717, 1.165) is 17.1 Å². The van der Waals surface area contributed by atoms with Crippen molar-refractivity contribution < 1.29 is 4.21 Å². The van der Waals surface area contributed by atoms with Gasteiger partial charge in [0.15, 0.2) is 0 Å². The van der Waals surface area contributed by atoms with Gasteiger partial charge >= 0.3 is 0 Å². The van der Waals surface area contributed by atoms with Crippen LogP contribution in [0.5, 0.6) is 0 Å². The summed E-state index contributed by atoms with van der Waals surface area (Å²) < 4.78 is 16.1. The number of rotatable bonds is 3. The van der Waals surface area contributed by atoms with Crippen molar-refractivity contribution in [3.05, 3.63) is 39.1 Å². The Balaban J connectivity index is 2.18. The van der Waals surface area contributed by atoms with E-state index in [1.54, 1.807) is 18.2 Å². The lowest BCUT2D eigenvalue weighted by molar-refractivity contribution is 0.682. The van der Waals surface area contributed by atoms with Crippen LogP contribution in [-0.2, 0) is 16.6 Å². The van der Waals surface area contributed by atoms with Gasteiger partial charge in [0.1, 0.15) is 0 Å². The lowest BCUT2D eigenvalue weighted by Crippen LogP contribution is -1.96. The highest BCUT2D eigenvalue weighted by molar-refractivity contribution is 7.86. The van der Waals surface area contributed by atoms with Gasteiger partial charge in [-0.1, -0.05) is 29.3 Å². The van der Waals surface area contributed by atoms with Gasteiger partial charge in [0.05, 0.1) is 16.6 Å². The lowest BCUT2D eigenvalue weighted by Gasteiger charge is -2.02. The van der Waals surface area contributed by atoms with Crippen molar-refractivity contribution in [2.45, 2.75) is 10.1 Å². The van der Waals surface area contributed by atoms with Crippen LogP contribution in [0.3, 0.4) is 0 Å². The first-order chi connectivity index (χ1) is 8.06. The van der Waals surface area contributed by atoms with Gasteiger partial charge in [-0.25, -0.2) is 0 Å². The van der Waals surface area contributed by atoms with Crippen LogP contribution in [0, 0.1) is 0 Å². The van der Waals surface area contributed by atoms with Crippen LogP contribution >= 0.6 is 46.3 Å². The molecule has 0 aliphatic carbocycles. The number of halogens is 3. The second-order valence-corrected chi connectivity index (χ2v) is 6.61. The smallest absolute Gasteiger partial charge is 0.235 e. The Morgan fingerprint density at radius 3 is 2.65 bits per heavy atom. The molecule has 0 unspecified atom stereocenters. The first-order valence-electron chi connectivity index (χ1n) is 4.38. The van der Waals surface area contributed by atoms with Crippen LogP contribution in [0.25, 0.3) is 0 Å². The molecule has 0 N–H and O–H groups in total. The standard InChI is InChI=1S/C9H5Cl3N2OS2/c10-6-2-1-5(7(11)3-6)4-17(15)9-13-8(12)14-16-9/h1-3H,4H2/t17-/m1/s1. The predicted molar refractivity (Wildman–Crippen MR) is 71.5 cm³/mol. The number of hydrogen-bond acceptors (Lipinski definition) is 4. The second-order valence-electron chi connectivity index (χ2n) is 3.05. The van der Waals surface area contributed by atoms with Crippen LogP contribution in [0.4, 0.5) is 0 Å². The van der Waals surface area contributed by atoms with Crippen LogP contribution < -0.4 is 0 Å². The number of aromatic nitrogens is 2. The summed E-state index contributed by atoms with van der Waals surface area (Å²) in [5.41, 5.74) is 0.751. The van der Waals surface area contributed by atoms with Gasteiger partial charge in [-0.05, 0) is 40.8 Å². The van der Waals surface area contributed by atoms with E-state index in [1.165, 1.54) is 0 Å². The molecule has 1 aromatic heterocycles. The summed E-state index contributed by atoms with van der Waals surface area (Å²) in [4.78, 5) is 3.86. The van der Waals surface area contributed by atoms with Crippen molar-refractivity contribution in [1.29, 1.82) is 0 Å². The molecule has 90 valence electrons. The van der Waals surface area contributed by atoms with Gasteiger partial charge in [-0.2, -0.15) is 9.36 Å². The fourth-order valence-corrected chi connectivity index (χ4v) is 3.76. The predicted octanol–water partition coefficient (Wildman–Crippen LogP) is 3.81. The first-order valence-corrected chi connectivity index (χ1v) is 7.60. The third kappa shape index (κ3) is 3.39. The monoisotopic (exact) mass is 326 g/mol. The van der Waals surface area contributed by atoms with E-state index in [2.05, 4.69) is 9.36 Å². The fraction of sp³-hybridized carbons (Fsp3) is 0.111. The SMILES string of the molecule is O=[S@](Cc1ccc(Cl)cc1Cl)c1nc(Cl)ns1. The average molecular weight is 328 g/mol. The van der Waals surface area contributed by atoms with Crippen molar-refractivity contribution in [2.75, 3.05) is 0 Å². The summed E-state index contributed by atoms with van der Waals surface area (Å²) in [5, 5.41) is 1.14. The van der Waals surface area contributed by atoms with Gasteiger partial charge in [0, 0.05) is 10.0 Å². The first kappa shape index (κ1) is 13.2. The van der Waals surface area contributed by atoms with Crippen molar-refractivity contribution in [1.82, 2.24) is 9.36 Å².